The number of amides is 3. The molecule has 4 unspecified atom stereocenters. The third-order valence-electron chi connectivity index (χ3n) is 4.77. The maximum atomic E-state index is 12.9. The first-order valence-corrected chi connectivity index (χ1v) is 11.8. The molecular weight excluding hydrogens is 440 g/mol. The molecule has 0 spiro atoms. The number of hydrogen-bond donors (Lipinski definition) is 6. The predicted molar refractivity (Wildman–Crippen MR) is 121 cm³/mol. The second-order valence-electron chi connectivity index (χ2n) is 8.17. The van der Waals surface area contributed by atoms with Crippen LogP contribution in [0.1, 0.15) is 47.0 Å². The summed E-state index contributed by atoms with van der Waals surface area (Å²) in [4.78, 5) is 60.3. The molecule has 32 heavy (non-hydrogen) atoms. The molecule has 0 saturated heterocycles. The molecule has 0 aromatic rings. The third kappa shape index (κ3) is 10.8. The molecule has 3 amide bonds. The smallest absolute Gasteiger partial charge is 0.326 e. The van der Waals surface area contributed by atoms with E-state index in [1.165, 1.54) is 11.8 Å². The number of hydrogen-bond acceptors (Lipinski definition) is 7. The van der Waals surface area contributed by atoms with Crippen LogP contribution in [0, 0.1) is 11.8 Å². The van der Waals surface area contributed by atoms with Crippen molar-refractivity contribution in [3.05, 3.63) is 0 Å². The van der Waals surface area contributed by atoms with Crippen LogP contribution >= 0.6 is 11.8 Å². The van der Waals surface area contributed by atoms with E-state index in [1.807, 2.05) is 6.26 Å². The van der Waals surface area contributed by atoms with Gasteiger partial charge in [0.15, 0.2) is 0 Å². The van der Waals surface area contributed by atoms with E-state index >= 15 is 0 Å². The zero-order chi connectivity index (χ0) is 25.0. The Balaban J connectivity index is 5.53. The second-order valence-corrected chi connectivity index (χ2v) is 9.16. The zero-order valence-electron chi connectivity index (χ0n) is 19.2. The van der Waals surface area contributed by atoms with Gasteiger partial charge in [-0.3, -0.25) is 19.2 Å². The third-order valence-corrected chi connectivity index (χ3v) is 5.42. The molecule has 12 heteroatoms. The molecule has 0 rings (SSSR count). The molecule has 0 aliphatic rings. The Labute approximate surface area is 192 Å². The van der Waals surface area contributed by atoms with E-state index < -0.39 is 66.2 Å². The van der Waals surface area contributed by atoms with E-state index in [0.29, 0.717) is 5.75 Å². The van der Waals surface area contributed by atoms with Crippen molar-refractivity contribution in [2.24, 2.45) is 17.6 Å². The molecule has 0 aromatic carbocycles. The van der Waals surface area contributed by atoms with Crippen molar-refractivity contribution in [3.8, 4) is 0 Å². The monoisotopic (exact) mass is 476 g/mol. The van der Waals surface area contributed by atoms with Gasteiger partial charge < -0.3 is 31.9 Å². The van der Waals surface area contributed by atoms with Gasteiger partial charge in [-0.05, 0) is 36.7 Å². The lowest BCUT2D eigenvalue weighted by Gasteiger charge is -2.26. The maximum Gasteiger partial charge on any atom is 0.326 e. The average Bonchev–Trinajstić information content (AvgIpc) is 2.70. The van der Waals surface area contributed by atoms with Crippen LogP contribution in [-0.2, 0) is 24.0 Å². The van der Waals surface area contributed by atoms with E-state index in [4.69, 9.17) is 10.8 Å². The molecule has 0 saturated carbocycles. The summed E-state index contributed by atoms with van der Waals surface area (Å²) < 4.78 is 0. The average molecular weight is 477 g/mol. The summed E-state index contributed by atoms with van der Waals surface area (Å²) >= 11 is 1.46. The van der Waals surface area contributed by atoms with Crippen molar-refractivity contribution >= 4 is 41.4 Å². The molecule has 4 atom stereocenters. The number of nitrogens with two attached hydrogens (primary N) is 1. The van der Waals surface area contributed by atoms with Crippen LogP contribution in [0.3, 0.4) is 0 Å². The molecule has 7 N–H and O–H groups in total. The van der Waals surface area contributed by atoms with Crippen LogP contribution < -0.4 is 21.7 Å². The molecule has 0 aliphatic heterocycles. The van der Waals surface area contributed by atoms with Gasteiger partial charge in [-0.15, -0.1) is 0 Å². The largest absolute Gasteiger partial charge is 0.481 e. The van der Waals surface area contributed by atoms with Crippen molar-refractivity contribution in [2.75, 3.05) is 12.0 Å². The minimum absolute atomic E-state index is 0.155. The topological polar surface area (TPSA) is 188 Å². The molecule has 0 radical (unpaired) electrons. The Morgan fingerprint density at radius 2 is 1.31 bits per heavy atom. The van der Waals surface area contributed by atoms with E-state index in [9.17, 15) is 29.1 Å². The quantitative estimate of drug-likeness (QED) is 0.186. The first-order chi connectivity index (χ1) is 14.8. The summed E-state index contributed by atoms with van der Waals surface area (Å²) in [7, 11) is 0. The fourth-order valence-electron chi connectivity index (χ4n) is 2.65. The van der Waals surface area contributed by atoms with Crippen LogP contribution in [-0.4, -0.2) is 76.0 Å². The number of carbonyl (C=O) groups is 5. The van der Waals surface area contributed by atoms with Gasteiger partial charge >= 0.3 is 11.9 Å². The summed E-state index contributed by atoms with van der Waals surface area (Å²) in [6, 6.07) is -4.30. The normalized spacial score (nSPS) is 14.9. The SMILES string of the molecule is CSCCC(NC(=O)C(N)C(C)C)C(=O)NC(CCC(=O)O)C(=O)NC(C(=O)O)C(C)C. The first-order valence-electron chi connectivity index (χ1n) is 10.4. The molecule has 0 heterocycles. The fourth-order valence-corrected chi connectivity index (χ4v) is 3.12. The van der Waals surface area contributed by atoms with Crippen molar-refractivity contribution in [2.45, 2.75) is 71.1 Å². The van der Waals surface area contributed by atoms with Crippen molar-refractivity contribution in [3.63, 3.8) is 0 Å². The van der Waals surface area contributed by atoms with Gasteiger partial charge in [0.05, 0.1) is 6.04 Å². The molecular formula is C20H36N4O7S. The van der Waals surface area contributed by atoms with Gasteiger partial charge in [0.1, 0.15) is 18.1 Å². The van der Waals surface area contributed by atoms with Gasteiger partial charge in [0.25, 0.3) is 0 Å². The molecule has 0 fully saturated rings. The van der Waals surface area contributed by atoms with Crippen LogP contribution in [0.25, 0.3) is 0 Å². The summed E-state index contributed by atoms with van der Waals surface area (Å²) in [5, 5.41) is 25.7. The van der Waals surface area contributed by atoms with Crippen molar-refractivity contribution in [1.82, 2.24) is 16.0 Å². The Morgan fingerprint density at radius 3 is 1.75 bits per heavy atom. The summed E-state index contributed by atoms with van der Waals surface area (Å²) in [5.74, 6) is -4.47. The predicted octanol–water partition coefficient (Wildman–Crippen LogP) is -0.217. The van der Waals surface area contributed by atoms with Gasteiger partial charge in [-0.25, -0.2) is 4.79 Å². The Bertz CT molecular complexity index is 672. The van der Waals surface area contributed by atoms with E-state index in [1.54, 1.807) is 27.7 Å². The number of rotatable bonds is 15. The second kappa shape index (κ2) is 14.7. The minimum Gasteiger partial charge on any atom is -0.481 e. The maximum absolute atomic E-state index is 12.9. The lowest BCUT2D eigenvalue weighted by molar-refractivity contribution is -0.144. The van der Waals surface area contributed by atoms with Crippen molar-refractivity contribution in [1.29, 1.82) is 0 Å². The Hall–Kier alpha value is -2.34. The van der Waals surface area contributed by atoms with Gasteiger partial charge in [-0.1, -0.05) is 27.7 Å². The number of aliphatic carboxylic acids is 2. The minimum atomic E-state index is -1.29. The molecule has 0 aliphatic carbocycles. The van der Waals surface area contributed by atoms with Gasteiger partial charge in [0.2, 0.25) is 17.7 Å². The fraction of sp³-hybridized carbons (Fsp3) is 0.750. The number of thioether (sulfide) groups is 1. The van der Waals surface area contributed by atoms with Crippen molar-refractivity contribution < 1.29 is 34.2 Å². The molecule has 11 nitrogen and oxygen atoms in total. The standard InChI is InChI=1S/C20H36N4O7S/c1-10(2)15(21)19(29)23-13(8-9-32-5)17(27)22-12(6-7-14(25)26)18(28)24-16(11(3)4)20(30)31/h10-13,15-16H,6-9,21H2,1-5H3,(H,22,27)(H,23,29)(H,24,28)(H,25,26)(H,30,31). The Kier molecular flexibility index (Phi) is 13.6. The highest BCUT2D eigenvalue weighted by atomic mass is 32.2. The van der Waals surface area contributed by atoms with Gasteiger partial charge in [-0.2, -0.15) is 11.8 Å². The number of carboxylic acid groups (broad SMARTS) is 2. The molecule has 184 valence electrons. The van der Waals surface area contributed by atoms with Crippen LogP contribution in [0.5, 0.6) is 0 Å². The lowest BCUT2D eigenvalue weighted by atomic mass is 10.0. The summed E-state index contributed by atoms with van der Waals surface area (Å²) in [6.45, 7) is 6.74. The Morgan fingerprint density at radius 1 is 0.812 bits per heavy atom. The van der Waals surface area contributed by atoms with Gasteiger partial charge in [0, 0.05) is 6.42 Å². The highest BCUT2D eigenvalue weighted by Gasteiger charge is 2.31. The first kappa shape index (κ1) is 29.7. The van der Waals surface area contributed by atoms with E-state index in [0.717, 1.165) is 0 Å². The molecule has 0 bridgehead atoms. The van der Waals surface area contributed by atoms with Crippen LogP contribution in [0.15, 0.2) is 0 Å². The zero-order valence-corrected chi connectivity index (χ0v) is 20.0. The van der Waals surface area contributed by atoms with Crippen LogP contribution in [0.2, 0.25) is 0 Å². The highest BCUT2D eigenvalue weighted by Crippen LogP contribution is 2.08. The number of carboxylic acids is 2. The van der Waals surface area contributed by atoms with E-state index in [2.05, 4.69) is 16.0 Å². The van der Waals surface area contributed by atoms with E-state index in [-0.39, 0.29) is 18.8 Å². The summed E-state index contributed by atoms with van der Waals surface area (Å²) in [5.41, 5.74) is 5.85. The van der Waals surface area contributed by atoms with Crippen LogP contribution in [0.4, 0.5) is 0 Å². The molecule has 0 aromatic heterocycles. The number of carbonyl (C=O) groups excluding carboxylic acids is 3. The summed E-state index contributed by atoms with van der Waals surface area (Å²) in [6.07, 6.45) is 1.43. The highest BCUT2D eigenvalue weighted by molar-refractivity contribution is 7.98. The lowest BCUT2D eigenvalue weighted by Crippen LogP contribution is -2.58. The number of nitrogens with one attached hydrogen (secondary N) is 3.